The van der Waals surface area contributed by atoms with Gasteiger partial charge in [0.05, 0.1) is 25.4 Å². The Bertz CT molecular complexity index is 2020. The Balaban J connectivity index is 1.82. The van der Waals surface area contributed by atoms with Crippen LogP contribution in [0.1, 0.15) is 194 Å². The van der Waals surface area contributed by atoms with E-state index in [9.17, 15) is 53.7 Å². The number of nitrogens with zero attached hydrogens (tertiary/aromatic N) is 2. The van der Waals surface area contributed by atoms with Gasteiger partial charge >= 0.3 is 33.3 Å². The number of rotatable bonds is 45. The number of hydrogen-bond donors (Lipinski definition) is 7. The molecule has 76 heavy (non-hydrogen) atoms. The van der Waals surface area contributed by atoms with Crippen molar-refractivity contribution in [3.63, 3.8) is 0 Å². The van der Waals surface area contributed by atoms with Crippen LogP contribution in [0.2, 0.25) is 0 Å². The molecule has 0 saturated carbocycles. The number of aliphatic hydroxyl groups excluding tert-OH is 4. The molecule has 1 aromatic heterocycles. The van der Waals surface area contributed by atoms with Gasteiger partial charge in [-0.3, -0.25) is 23.2 Å². The lowest BCUT2D eigenvalue weighted by atomic mass is 10.0. The number of anilines is 1. The van der Waals surface area contributed by atoms with Gasteiger partial charge in [0.15, 0.2) is 12.3 Å². The highest BCUT2D eigenvalue weighted by Gasteiger charge is 2.46. The van der Waals surface area contributed by atoms with Gasteiger partial charge in [0, 0.05) is 19.0 Å². The minimum Gasteiger partial charge on any atom is -0.462 e. The molecule has 20 nitrogen and oxygen atoms in total. The number of phosphoric ester groups is 2. The molecule has 0 amide bonds. The number of aromatic nitrogens is 2. The van der Waals surface area contributed by atoms with Crippen LogP contribution in [-0.4, -0.2) is 108 Å². The molecule has 1 aliphatic rings. The summed E-state index contributed by atoms with van der Waals surface area (Å²) in [6.07, 6.45) is 31.1. The van der Waals surface area contributed by atoms with Crippen molar-refractivity contribution >= 4 is 33.4 Å². The summed E-state index contributed by atoms with van der Waals surface area (Å²) < 4.78 is 56.7. The maximum Gasteiger partial charge on any atom is 0.481 e. The number of nitrogen functional groups attached to an aromatic ring is 1. The lowest BCUT2D eigenvalue weighted by Gasteiger charge is -2.21. The first-order valence-corrected chi connectivity index (χ1v) is 30.7. The predicted molar refractivity (Wildman–Crippen MR) is 291 cm³/mol. The van der Waals surface area contributed by atoms with Crippen LogP contribution >= 0.6 is 15.6 Å². The SMILES string of the molecule is CCCCC[C@H](O)/C=C/C=C\C/C=C\C=C\[C@H](O)CCCC(=O)OC[C@H](COP(=O)(O)OP(=O)(O)OC[C@H]1O[C@@H](n2ccc(N)nc2=O)[C@H](O)[C@@H]1O)OC(=O)CCCCCCCCCCCCCCCCCCC(C)C. The Morgan fingerprint density at radius 3 is 1.78 bits per heavy atom. The molecule has 0 aromatic carbocycles. The van der Waals surface area contributed by atoms with Crippen LogP contribution in [0, 0.1) is 5.92 Å². The number of carbonyl (C=O) groups excluding carboxylic acids is 2. The standard InChI is InChI=1S/C54H93N3O17P2/c1-4-5-25-32-44(58)33-27-22-18-16-19-23-28-34-45(59)35-30-37-49(60)69-40-46(72-50(61)36-29-24-20-15-13-11-9-7-6-8-10-12-14-17-21-26-31-43(2)3)41-70-75(65,66)74-76(67,68)71-42-47-51(62)52(63)53(73-47)57-39-38-48(55)56-54(57)64/h18-19,22-23,27-28,33-34,38-39,43-47,51-53,58-59,62-63H,4-17,20-21,24-26,29-32,35-37,40-42H2,1-3H3,(H,65,66)(H,67,68)(H2,55,56,64)/b22-18-,23-19-,33-27+,34-28+/t44-,45-,46+,47+,51+,52+,53+/m0/s1. The molecule has 436 valence electrons. The normalized spacial score (nSPS) is 20.0. The quantitative estimate of drug-likeness (QED) is 0.0138. The third-order valence-corrected chi connectivity index (χ3v) is 15.2. The fourth-order valence-corrected chi connectivity index (χ4v) is 10.3. The first-order valence-electron chi connectivity index (χ1n) is 27.7. The fourth-order valence-electron chi connectivity index (χ4n) is 8.18. The summed E-state index contributed by atoms with van der Waals surface area (Å²) in [5.41, 5.74) is 4.57. The molecule has 8 N–H and O–H groups in total. The topological polar surface area (TPSA) is 306 Å². The highest BCUT2D eigenvalue weighted by molar-refractivity contribution is 7.61. The second kappa shape index (κ2) is 40.8. The highest BCUT2D eigenvalue weighted by Crippen LogP contribution is 2.60. The molecule has 0 bridgehead atoms. The third-order valence-electron chi connectivity index (χ3n) is 12.6. The maximum absolute atomic E-state index is 12.9. The lowest BCUT2D eigenvalue weighted by molar-refractivity contribution is -0.161. The van der Waals surface area contributed by atoms with Crippen LogP contribution < -0.4 is 11.4 Å². The monoisotopic (exact) mass is 1120 g/mol. The van der Waals surface area contributed by atoms with Crippen molar-refractivity contribution in [1.29, 1.82) is 0 Å². The number of hydrogen-bond acceptors (Lipinski definition) is 17. The molecule has 1 saturated heterocycles. The molecule has 9 atom stereocenters. The molecule has 1 fully saturated rings. The summed E-state index contributed by atoms with van der Waals surface area (Å²) in [6, 6.07) is 1.24. The van der Waals surface area contributed by atoms with Crippen LogP contribution in [0.3, 0.4) is 0 Å². The van der Waals surface area contributed by atoms with E-state index >= 15 is 0 Å². The van der Waals surface area contributed by atoms with E-state index in [0.717, 1.165) is 68.0 Å². The largest absolute Gasteiger partial charge is 0.481 e. The van der Waals surface area contributed by atoms with Gasteiger partial charge in [-0.05, 0) is 44.1 Å². The lowest BCUT2D eigenvalue weighted by Crippen LogP contribution is -2.36. The first kappa shape index (κ1) is 68.7. The molecule has 2 heterocycles. The van der Waals surface area contributed by atoms with Gasteiger partial charge in [0.25, 0.3) is 0 Å². The Labute approximate surface area is 451 Å². The number of aliphatic hydroxyl groups is 4. The summed E-state index contributed by atoms with van der Waals surface area (Å²) in [4.78, 5) is 62.1. The van der Waals surface area contributed by atoms with E-state index < -0.39 is 95.9 Å². The zero-order valence-corrected chi connectivity index (χ0v) is 47.2. The zero-order valence-electron chi connectivity index (χ0n) is 45.4. The van der Waals surface area contributed by atoms with Crippen molar-refractivity contribution in [2.24, 2.45) is 5.92 Å². The van der Waals surface area contributed by atoms with Crippen molar-refractivity contribution < 1.29 is 76.5 Å². The van der Waals surface area contributed by atoms with Crippen molar-refractivity contribution in [2.45, 2.75) is 231 Å². The molecular weight excluding hydrogens is 1020 g/mol. The van der Waals surface area contributed by atoms with Gasteiger partial charge in [0.1, 0.15) is 30.7 Å². The molecule has 2 unspecified atom stereocenters. The first-order chi connectivity index (χ1) is 36.3. The number of nitrogens with two attached hydrogens (primary N) is 1. The van der Waals surface area contributed by atoms with Crippen LogP contribution in [0.4, 0.5) is 5.82 Å². The molecule has 22 heteroatoms. The van der Waals surface area contributed by atoms with Crippen LogP contribution in [-0.2, 0) is 46.3 Å². The van der Waals surface area contributed by atoms with E-state index in [4.69, 9.17) is 29.0 Å². The van der Waals surface area contributed by atoms with Gasteiger partial charge < -0.3 is 50.2 Å². The minimum atomic E-state index is -5.48. The second-order valence-corrected chi connectivity index (χ2v) is 23.0. The molecule has 0 aliphatic carbocycles. The van der Waals surface area contributed by atoms with E-state index in [-0.39, 0.29) is 31.5 Å². The molecular formula is C54H93N3O17P2. The zero-order chi connectivity index (χ0) is 56.0. The van der Waals surface area contributed by atoms with Gasteiger partial charge in [-0.1, -0.05) is 191 Å². The van der Waals surface area contributed by atoms with E-state index in [2.05, 4.69) is 30.1 Å². The van der Waals surface area contributed by atoms with E-state index in [1.54, 1.807) is 24.3 Å². The average Bonchev–Trinajstić information content (AvgIpc) is 3.64. The van der Waals surface area contributed by atoms with E-state index in [1.807, 2.05) is 24.3 Å². The summed E-state index contributed by atoms with van der Waals surface area (Å²) in [5, 5.41) is 41.3. The maximum atomic E-state index is 12.9. The van der Waals surface area contributed by atoms with Crippen molar-refractivity contribution in [3.05, 3.63) is 71.4 Å². The van der Waals surface area contributed by atoms with E-state index in [0.29, 0.717) is 12.8 Å². The van der Waals surface area contributed by atoms with Gasteiger partial charge in [0.2, 0.25) is 0 Å². The minimum absolute atomic E-state index is 0.00236. The number of unbranched alkanes of at least 4 members (excludes halogenated alkanes) is 17. The van der Waals surface area contributed by atoms with Gasteiger partial charge in [-0.15, -0.1) is 0 Å². The van der Waals surface area contributed by atoms with Crippen LogP contribution in [0.5, 0.6) is 0 Å². The summed E-state index contributed by atoms with van der Waals surface area (Å²) >= 11 is 0. The summed E-state index contributed by atoms with van der Waals surface area (Å²) in [7, 11) is -10.9. The Kier molecular flexibility index (Phi) is 36.9. The highest BCUT2D eigenvalue weighted by atomic mass is 31.3. The number of esters is 2. The molecule has 0 spiro atoms. The van der Waals surface area contributed by atoms with Gasteiger partial charge in [-0.2, -0.15) is 9.29 Å². The van der Waals surface area contributed by atoms with Crippen LogP contribution in [0.15, 0.2) is 65.7 Å². The predicted octanol–water partition coefficient (Wildman–Crippen LogP) is 9.92. The van der Waals surface area contributed by atoms with Gasteiger partial charge in [-0.25, -0.2) is 13.9 Å². The average molecular weight is 1120 g/mol. The fraction of sp³-hybridized carbons (Fsp3) is 0.741. The van der Waals surface area contributed by atoms with Crippen LogP contribution in [0.25, 0.3) is 0 Å². The molecule has 1 aliphatic heterocycles. The number of carbonyl (C=O) groups is 2. The molecule has 2 rings (SSSR count). The second-order valence-electron chi connectivity index (χ2n) is 20.0. The summed E-state index contributed by atoms with van der Waals surface area (Å²) in [6.45, 7) is 4.18. The Hall–Kier alpha value is -3.36. The Morgan fingerprint density at radius 2 is 1.22 bits per heavy atom. The van der Waals surface area contributed by atoms with Crippen molar-refractivity contribution in [2.75, 3.05) is 25.6 Å². The van der Waals surface area contributed by atoms with Crippen molar-refractivity contribution in [1.82, 2.24) is 9.55 Å². The Morgan fingerprint density at radius 1 is 0.711 bits per heavy atom. The number of allylic oxidation sites excluding steroid dienone is 6. The van der Waals surface area contributed by atoms with E-state index in [1.165, 1.54) is 83.1 Å². The number of phosphoric acid groups is 2. The number of ether oxygens (including phenoxy) is 3. The molecule has 1 aromatic rings. The molecule has 0 radical (unpaired) electrons. The smallest absolute Gasteiger partial charge is 0.462 e. The van der Waals surface area contributed by atoms with Crippen molar-refractivity contribution in [3.8, 4) is 0 Å². The summed E-state index contributed by atoms with van der Waals surface area (Å²) in [5.74, 6) is -0.734. The third kappa shape index (κ3) is 33.8.